The number of carboxylic acid groups (broad SMARTS) is 3. The van der Waals surface area contributed by atoms with Crippen molar-refractivity contribution in [1.82, 2.24) is 0 Å². The van der Waals surface area contributed by atoms with Gasteiger partial charge in [-0.05, 0) is 12.8 Å². The van der Waals surface area contributed by atoms with Gasteiger partial charge >= 0.3 is 17.9 Å². The highest BCUT2D eigenvalue weighted by atomic mass is 16.5. The largest absolute Gasteiger partial charge is 0.480 e. The van der Waals surface area contributed by atoms with E-state index in [1.165, 1.54) is 13.8 Å². The molecule has 9 heteroatoms. The zero-order valence-corrected chi connectivity index (χ0v) is 10.5. The summed E-state index contributed by atoms with van der Waals surface area (Å²) in [5.74, 6) is -4.68. The number of aliphatic carboxylic acids is 3. The fraction of sp³-hybridized carbons (Fsp3) is 0.700. The summed E-state index contributed by atoms with van der Waals surface area (Å²) >= 11 is 0. The molecule has 0 aromatic heterocycles. The Balaban J connectivity index is 0. The van der Waals surface area contributed by atoms with E-state index in [0.29, 0.717) is 0 Å². The summed E-state index contributed by atoms with van der Waals surface area (Å²) in [4.78, 5) is 30.5. The SMILES string of the molecule is CC[C@@](O)(C(=O)O)[C@@](O)(CC)C(=O)O.O=C(O)CO. The summed E-state index contributed by atoms with van der Waals surface area (Å²) in [6.45, 7) is 1.80. The van der Waals surface area contributed by atoms with Crippen molar-refractivity contribution < 1.29 is 45.0 Å². The Kier molecular flexibility index (Phi) is 7.92. The van der Waals surface area contributed by atoms with E-state index >= 15 is 0 Å². The summed E-state index contributed by atoms with van der Waals surface area (Å²) in [6.07, 6.45) is -0.780. The molecule has 0 saturated heterocycles. The van der Waals surface area contributed by atoms with Crippen molar-refractivity contribution in [3.05, 3.63) is 0 Å². The molecule has 0 amide bonds. The molecule has 0 radical (unpaired) electrons. The molecule has 0 aliphatic carbocycles. The molecule has 0 rings (SSSR count). The van der Waals surface area contributed by atoms with Gasteiger partial charge in [-0.15, -0.1) is 0 Å². The molecule has 0 bridgehead atoms. The fourth-order valence-electron chi connectivity index (χ4n) is 1.24. The van der Waals surface area contributed by atoms with Crippen molar-refractivity contribution in [2.24, 2.45) is 0 Å². The molecule has 19 heavy (non-hydrogen) atoms. The lowest BCUT2D eigenvalue weighted by atomic mass is 9.79. The van der Waals surface area contributed by atoms with E-state index in [1.807, 2.05) is 0 Å². The van der Waals surface area contributed by atoms with E-state index in [0.717, 1.165) is 0 Å². The predicted molar refractivity (Wildman–Crippen MR) is 60.5 cm³/mol. The average molecular weight is 282 g/mol. The molecule has 0 heterocycles. The average Bonchev–Trinajstić information content (AvgIpc) is 2.36. The molecule has 9 nitrogen and oxygen atoms in total. The summed E-state index contributed by atoms with van der Waals surface area (Å²) in [5.41, 5.74) is -5.32. The third kappa shape index (κ3) is 4.47. The van der Waals surface area contributed by atoms with Crippen LogP contribution in [0.4, 0.5) is 0 Å². The molecule has 0 spiro atoms. The summed E-state index contributed by atoms with van der Waals surface area (Å²) in [7, 11) is 0. The van der Waals surface area contributed by atoms with Crippen molar-refractivity contribution in [3.8, 4) is 0 Å². The first-order chi connectivity index (χ1) is 8.53. The highest BCUT2D eigenvalue weighted by Crippen LogP contribution is 2.29. The lowest BCUT2D eigenvalue weighted by molar-refractivity contribution is -0.208. The first-order valence-electron chi connectivity index (χ1n) is 5.27. The minimum Gasteiger partial charge on any atom is -0.480 e. The Morgan fingerprint density at radius 3 is 1.11 bits per heavy atom. The molecule has 6 N–H and O–H groups in total. The second kappa shape index (κ2) is 7.67. The summed E-state index contributed by atoms with van der Waals surface area (Å²) < 4.78 is 0. The van der Waals surface area contributed by atoms with Crippen molar-refractivity contribution in [2.45, 2.75) is 37.9 Å². The highest BCUT2D eigenvalue weighted by Gasteiger charge is 2.58. The Morgan fingerprint density at radius 1 is 0.842 bits per heavy atom. The topological polar surface area (TPSA) is 173 Å². The van der Waals surface area contributed by atoms with E-state index in [-0.39, 0.29) is 12.8 Å². The van der Waals surface area contributed by atoms with Crippen LogP contribution in [0, 0.1) is 0 Å². The maximum atomic E-state index is 10.7. The van der Waals surface area contributed by atoms with Gasteiger partial charge in [0.2, 0.25) is 11.2 Å². The smallest absolute Gasteiger partial charge is 0.339 e. The van der Waals surface area contributed by atoms with Gasteiger partial charge in [-0.2, -0.15) is 0 Å². The number of hydrogen-bond acceptors (Lipinski definition) is 6. The van der Waals surface area contributed by atoms with Crippen LogP contribution in [0.15, 0.2) is 0 Å². The van der Waals surface area contributed by atoms with Gasteiger partial charge in [-0.3, -0.25) is 0 Å². The number of carbonyl (C=O) groups is 3. The van der Waals surface area contributed by atoms with Gasteiger partial charge in [0.05, 0.1) is 0 Å². The molecule has 2 atom stereocenters. The van der Waals surface area contributed by atoms with Crippen LogP contribution in [0.3, 0.4) is 0 Å². The molecule has 0 aromatic carbocycles. The highest BCUT2D eigenvalue weighted by molar-refractivity contribution is 5.90. The van der Waals surface area contributed by atoms with E-state index in [4.69, 9.17) is 25.2 Å². The maximum absolute atomic E-state index is 10.7. The lowest BCUT2D eigenvalue weighted by Gasteiger charge is -2.35. The van der Waals surface area contributed by atoms with Gasteiger partial charge in [0.1, 0.15) is 6.61 Å². The number of aliphatic hydroxyl groups excluding tert-OH is 1. The van der Waals surface area contributed by atoms with Gasteiger partial charge < -0.3 is 30.6 Å². The van der Waals surface area contributed by atoms with Crippen LogP contribution in [0.5, 0.6) is 0 Å². The Hall–Kier alpha value is -1.71. The van der Waals surface area contributed by atoms with Crippen molar-refractivity contribution in [1.29, 1.82) is 0 Å². The zero-order chi connectivity index (χ0) is 15.9. The van der Waals surface area contributed by atoms with E-state index in [2.05, 4.69) is 0 Å². The Morgan fingerprint density at radius 2 is 1.05 bits per heavy atom. The van der Waals surface area contributed by atoms with Crippen molar-refractivity contribution in [2.75, 3.05) is 6.61 Å². The van der Waals surface area contributed by atoms with E-state index in [1.54, 1.807) is 0 Å². The van der Waals surface area contributed by atoms with Crippen LogP contribution in [-0.4, -0.2) is 66.4 Å². The van der Waals surface area contributed by atoms with Gasteiger partial charge in [-0.25, -0.2) is 14.4 Å². The normalized spacial score (nSPS) is 16.3. The van der Waals surface area contributed by atoms with E-state index in [9.17, 15) is 19.8 Å². The minimum atomic E-state index is -2.66. The molecule has 0 aliphatic heterocycles. The van der Waals surface area contributed by atoms with Crippen LogP contribution >= 0.6 is 0 Å². The van der Waals surface area contributed by atoms with Crippen LogP contribution in [0.25, 0.3) is 0 Å². The monoisotopic (exact) mass is 282 g/mol. The molecule has 0 saturated carbocycles. The quantitative estimate of drug-likeness (QED) is 0.339. The first-order valence-corrected chi connectivity index (χ1v) is 5.27. The Labute approximate surface area is 108 Å². The molecule has 0 aromatic rings. The summed E-state index contributed by atoms with van der Waals surface area (Å²) in [5, 5.41) is 51.5. The molecule has 0 unspecified atom stereocenters. The molecule has 0 fully saturated rings. The second-order valence-corrected chi connectivity index (χ2v) is 3.59. The lowest BCUT2D eigenvalue weighted by Crippen LogP contribution is -2.63. The number of hydrogen-bond donors (Lipinski definition) is 6. The minimum absolute atomic E-state index is 0.390. The predicted octanol–water partition coefficient (Wildman–Crippen LogP) is -1.50. The van der Waals surface area contributed by atoms with Crippen LogP contribution in [0.1, 0.15) is 26.7 Å². The molecule has 0 aliphatic rings. The van der Waals surface area contributed by atoms with Gasteiger partial charge in [0, 0.05) is 0 Å². The third-order valence-corrected chi connectivity index (χ3v) is 2.55. The van der Waals surface area contributed by atoms with Gasteiger partial charge in [0.25, 0.3) is 0 Å². The second-order valence-electron chi connectivity index (χ2n) is 3.59. The number of aliphatic hydroxyl groups is 3. The number of carboxylic acids is 3. The standard InChI is InChI=1S/C8H14O6.C2H4O3/c1-3-7(13,5(9)10)8(14,4-2)6(11)12;3-1-2(4)5/h13-14H,3-4H2,1-2H3,(H,9,10)(H,11,12);3H,1H2,(H,4,5)/t7-,8-;/m1./s1. The van der Waals surface area contributed by atoms with Gasteiger partial charge in [-0.1, -0.05) is 13.8 Å². The van der Waals surface area contributed by atoms with Crippen LogP contribution in [0.2, 0.25) is 0 Å². The van der Waals surface area contributed by atoms with Crippen LogP contribution < -0.4 is 0 Å². The van der Waals surface area contributed by atoms with Crippen molar-refractivity contribution in [3.63, 3.8) is 0 Å². The molecular formula is C10H18O9. The third-order valence-electron chi connectivity index (χ3n) is 2.55. The fourth-order valence-corrected chi connectivity index (χ4v) is 1.24. The molecule has 112 valence electrons. The first kappa shape index (κ1) is 19.6. The maximum Gasteiger partial charge on any atom is 0.339 e. The Bertz CT molecular complexity index is 314. The van der Waals surface area contributed by atoms with Gasteiger partial charge in [0.15, 0.2) is 0 Å². The molecular weight excluding hydrogens is 264 g/mol. The van der Waals surface area contributed by atoms with Crippen molar-refractivity contribution >= 4 is 17.9 Å². The van der Waals surface area contributed by atoms with Crippen LogP contribution in [-0.2, 0) is 14.4 Å². The van der Waals surface area contributed by atoms with E-state index < -0.39 is 35.7 Å². The zero-order valence-electron chi connectivity index (χ0n) is 10.5. The number of rotatable bonds is 6. The summed E-state index contributed by atoms with van der Waals surface area (Å²) in [6, 6.07) is 0.